The number of piperidine rings is 1. The summed E-state index contributed by atoms with van der Waals surface area (Å²) in [5, 5.41) is 7.57. The van der Waals surface area contributed by atoms with E-state index in [-0.39, 0.29) is 5.92 Å². The number of aromatic nitrogens is 5. The highest BCUT2D eigenvalue weighted by Crippen LogP contribution is 2.34. The highest BCUT2D eigenvalue weighted by molar-refractivity contribution is 6.32. The van der Waals surface area contributed by atoms with Crippen molar-refractivity contribution in [3.05, 3.63) is 41.8 Å². The third-order valence-electron chi connectivity index (χ3n) is 4.51. The van der Waals surface area contributed by atoms with Crippen molar-refractivity contribution in [2.24, 2.45) is 0 Å². The molecule has 0 bridgehead atoms. The highest BCUT2D eigenvalue weighted by Gasteiger charge is 2.27. The number of rotatable bonds is 4. The van der Waals surface area contributed by atoms with Crippen molar-refractivity contribution in [1.29, 1.82) is 0 Å². The van der Waals surface area contributed by atoms with Gasteiger partial charge in [-0.25, -0.2) is 9.97 Å². The van der Waals surface area contributed by atoms with Crippen LogP contribution in [0.2, 0.25) is 5.15 Å². The van der Waals surface area contributed by atoms with Crippen LogP contribution >= 0.6 is 11.6 Å². The predicted octanol–water partition coefficient (Wildman–Crippen LogP) is 3.00. The molecule has 1 fully saturated rings. The van der Waals surface area contributed by atoms with Gasteiger partial charge in [-0.05, 0) is 25.0 Å². The molecule has 0 spiro atoms. The first kappa shape index (κ1) is 16.7. The number of hydrogen-bond acceptors (Lipinski definition) is 8. The molecule has 26 heavy (non-hydrogen) atoms. The molecule has 0 unspecified atom stereocenters. The molecule has 1 saturated heterocycles. The van der Waals surface area contributed by atoms with Gasteiger partial charge in [0, 0.05) is 32.3 Å². The number of nitrogens with one attached hydrogen (secondary N) is 1. The summed E-state index contributed by atoms with van der Waals surface area (Å²) in [6, 6.07) is 5.64. The Kier molecular flexibility index (Phi) is 4.66. The first-order valence-electron chi connectivity index (χ1n) is 8.44. The van der Waals surface area contributed by atoms with E-state index in [1.807, 2.05) is 25.2 Å². The summed E-state index contributed by atoms with van der Waals surface area (Å²) in [5.41, 5.74) is 1.47. The summed E-state index contributed by atoms with van der Waals surface area (Å²) in [4.78, 5) is 19.4. The van der Waals surface area contributed by atoms with E-state index in [1.165, 1.54) is 6.33 Å². The van der Waals surface area contributed by atoms with E-state index >= 15 is 0 Å². The molecular weight excluding hydrogens is 354 g/mol. The van der Waals surface area contributed by atoms with E-state index in [1.54, 1.807) is 6.20 Å². The third kappa shape index (κ3) is 3.20. The monoisotopic (exact) mass is 371 g/mol. The fourth-order valence-corrected chi connectivity index (χ4v) is 3.37. The first-order chi connectivity index (χ1) is 12.8. The Morgan fingerprint density at radius 1 is 1.19 bits per heavy atom. The summed E-state index contributed by atoms with van der Waals surface area (Å²) < 4.78 is 5.48. The van der Waals surface area contributed by atoms with Gasteiger partial charge in [0.05, 0.1) is 0 Å². The van der Waals surface area contributed by atoms with Crippen LogP contribution in [0.15, 0.2) is 35.2 Å². The maximum Gasteiger partial charge on any atom is 0.230 e. The number of hydrogen-bond donors (Lipinski definition) is 1. The van der Waals surface area contributed by atoms with Gasteiger partial charge >= 0.3 is 0 Å². The molecule has 0 aliphatic carbocycles. The summed E-state index contributed by atoms with van der Waals surface area (Å²) in [6.07, 6.45) is 5.00. The van der Waals surface area contributed by atoms with Crippen LogP contribution in [0.5, 0.6) is 0 Å². The van der Waals surface area contributed by atoms with Crippen molar-refractivity contribution in [3.8, 4) is 11.5 Å². The average molecular weight is 372 g/mol. The quantitative estimate of drug-likeness (QED) is 0.699. The number of anilines is 2. The van der Waals surface area contributed by atoms with Crippen molar-refractivity contribution in [2.45, 2.75) is 18.8 Å². The van der Waals surface area contributed by atoms with Crippen LogP contribution in [-0.2, 0) is 0 Å². The van der Waals surface area contributed by atoms with Crippen LogP contribution in [0.4, 0.5) is 11.5 Å². The largest absolute Gasteiger partial charge is 0.383 e. The van der Waals surface area contributed by atoms with E-state index in [9.17, 15) is 0 Å². The zero-order valence-corrected chi connectivity index (χ0v) is 15.0. The maximum atomic E-state index is 6.15. The average Bonchev–Trinajstić information content (AvgIpc) is 3.19. The van der Waals surface area contributed by atoms with Crippen molar-refractivity contribution in [2.75, 3.05) is 30.4 Å². The van der Waals surface area contributed by atoms with Gasteiger partial charge in [-0.1, -0.05) is 22.8 Å². The fraction of sp³-hybridized carbons (Fsp3) is 0.353. The fourth-order valence-electron chi connectivity index (χ4n) is 3.15. The molecule has 9 heteroatoms. The van der Waals surface area contributed by atoms with Gasteiger partial charge in [0.25, 0.3) is 0 Å². The topological polar surface area (TPSA) is 92.9 Å². The lowest BCUT2D eigenvalue weighted by Crippen LogP contribution is -2.34. The zero-order valence-electron chi connectivity index (χ0n) is 14.3. The second kappa shape index (κ2) is 7.25. The Labute approximate surface area is 155 Å². The number of nitrogens with zero attached hydrogens (tertiary/aromatic N) is 6. The minimum Gasteiger partial charge on any atom is -0.383 e. The lowest BCUT2D eigenvalue weighted by atomic mass is 9.96. The molecule has 0 saturated carbocycles. The zero-order chi connectivity index (χ0) is 17.9. The molecule has 3 aromatic rings. The summed E-state index contributed by atoms with van der Waals surface area (Å²) in [5.74, 6) is 2.25. The Morgan fingerprint density at radius 2 is 2.04 bits per heavy atom. The second-order valence-corrected chi connectivity index (χ2v) is 6.40. The van der Waals surface area contributed by atoms with Crippen molar-refractivity contribution in [1.82, 2.24) is 25.1 Å². The SMILES string of the molecule is CNc1c(Cl)ncnc1N1CCC(c2nc(-c3ccccn3)no2)CC1. The summed E-state index contributed by atoms with van der Waals surface area (Å²) in [6.45, 7) is 1.65. The van der Waals surface area contributed by atoms with Gasteiger partial charge < -0.3 is 14.7 Å². The lowest BCUT2D eigenvalue weighted by molar-refractivity contribution is 0.329. The van der Waals surface area contributed by atoms with Gasteiger partial charge in [0.15, 0.2) is 11.0 Å². The molecule has 1 aliphatic heterocycles. The van der Waals surface area contributed by atoms with Gasteiger partial charge in [-0.3, -0.25) is 4.98 Å². The maximum absolute atomic E-state index is 6.15. The number of halogens is 1. The highest BCUT2D eigenvalue weighted by atomic mass is 35.5. The Bertz CT molecular complexity index is 878. The molecule has 4 heterocycles. The third-order valence-corrected chi connectivity index (χ3v) is 4.80. The molecule has 1 N–H and O–H groups in total. The van der Waals surface area contributed by atoms with Crippen molar-refractivity contribution >= 4 is 23.1 Å². The first-order valence-corrected chi connectivity index (χ1v) is 8.82. The van der Waals surface area contributed by atoms with Crippen LogP contribution in [0.3, 0.4) is 0 Å². The second-order valence-electron chi connectivity index (χ2n) is 6.05. The molecule has 4 rings (SSSR count). The van der Waals surface area contributed by atoms with Crippen LogP contribution in [-0.4, -0.2) is 45.2 Å². The lowest BCUT2D eigenvalue weighted by Gasteiger charge is -2.32. The minimum absolute atomic E-state index is 0.228. The van der Waals surface area contributed by atoms with Crippen LogP contribution in [0.25, 0.3) is 11.5 Å². The van der Waals surface area contributed by atoms with Gasteiger partial charge in [0.2, 0.25) is 11.7 Å². The Hall–Kier alpha value is -2.74. The molecule has 1 aliphatic rings. The van der Waals surface area contributed by atoms with Crippen molar-refractivity contribution < 1.29 is 4.52 Å². The molecule has 134 valence electrons. The van der Waals surface area contributed by atoms with Crippen molar-refractivity contribution in [3.63, 3.8) is 0 Å². The molecule has 3 aromatic heterocycles. The van der Waals surface area contributed by atoms with Crippen LogP contribution in [0, 0.1) is 0 Å². The number of pyridine rings is 1. The van der Waals surface area contributed by atoms with Crippen LogP contribution < -0.4 is 10.2 Å². The van der Waals surface area contributed by atoms with E-state index in [2.05, 4.69) is 35.3 Å². The Morgan fingerprint density at radius 3 is 2.77 bits per heavy atom. The van der Waals surface area contributed by atoms with E-state index < -0.39 is 0 Å². The minimum atomic E-state index is 0.228. The van der Waals surface area contributed by atoms with E-state index in [0.717, 1.165) is 37.4 Å². The summed E-state index contributed by atoms with van der Waals surface area (Å²) >= 11 is 6.15. The molecule has 0 amide bonds. The molecule has 0 aromatic carbocycles. The van der Waals surface area contributed by atoms with Gasteiger partial charge in [0.1, 0.15) is 17.7 Å². The standard InChI is InChI=1S/C17H18ClN7O/c1-19-13-14(18)21-10-22-16(13)25-8-5-11(6-9-25)17-23-15(24-26-17)12-4-2-3-7-20-12/h2-4,7,10-11,19H,5-6,8-9H2,1H3. The van der Waals surface area contributed by atoms with Gasteiger partial charge in [-0.2, -0.15) is 4.98 Å². The normalized spacial score (nSPS) is 15.2. The smallest absolute Gasteiger partial charge is 0.230 e. The predicted molar refractivity (Wildman–Crippen MR) is 98.3 cm³/mol. The van der Waals surface area contributed by atoms with Crippen LogP contribution in [0.1, 0.15) is 24.7 Å². The van der Waals surface area contributed by atoms with E-state index in [4.69, 9.17) is 16.1 Å². The molecule has 8 nitrogen and oxygen atoms in total. The van der Waals surface area contributed by atoms with Gasteiger partial charge in [-0.15, -0.1) is 0 Å². The summed E-state index contributed by atoms with van der Waals surface area (Å²) in [7, 11) is 1.82. The molecule has 0 atom stereocenters. The molecule has 0 radical (unpaired) electrons. The van der Waals surface area contributed by atoms with E-state index in [0.29, 0.717) is 22.6 Å². The molecular formula is C17H18ClN7O. The Balaban J connectivity index is 1.46.